The maximum atomic E-state index is 4.89. The zero-order chi connectivity index (χ0) is 12.8. The van der Waals surface area contributed by atoms with Gasteiger partial charge >= 0.3 is 35.6 Å². The molecule has 0 saturated heterocycles. The molecule has 1 aliphatic carbocycles. The van der Waals surface area contributed by atoms with Gasteiger partial charge < -0.3 is 4.98 Å². The van der Waals surface area contributed by atoms with E-state index in [1.807, 2.05) is 0 Å². The van der Waals surface area contributed by atoms with Crippen LogP contribution in [0.1, 0.15) is 20.8 Å². The van der Waals surface area contributed by atoms with Gasteiger partial charge in [-0.05, 0) is 31.2 Å². The van der Waals surface area contributed by atoms with Gasteiger partial charge in [0.05, 0.1) is 0 Å². The molecule has 1 saturated carbocycles. The van der Waals surface area contributed by atoms with Gasteiger partial charge in [-0.3, -0.25) is 0 Å². The third kappa shape index (κ3) is 7.73. The maximum absolute atomic E-state index is 4.89. The molecule has 0 amide bonds. The molecule has 9 radical (unpaired) electrons. The van der Waals surface area contributed by atoms with E-state index in [1.165, 1.54) is 0 Å². The predicted octanol–water partition coefficient (Wildman–Crippen LogP) is 4.19. The first-order valence-electron chi connectivity index (χ1n) is 4.83. The van der Waals surface area contributed by atoms with Crippen molar-refractivity contribution < 1.29 is 17.0 Å². The Labute approximate surface area is 119 Å². The summed E-state index contributed by atoms with van der Waals surface area (Å²) in [6.45, 7) is 10.8. The molecule has 0 aromatic heterocycles. The monoisotopic (exact) mass is 307 g/mol. The van der Waals surface area contributed by atoms with Crippen molar-refractivity contribution in [2.45, 2.75) is 39.4 Å². The number of halogens is 2. The first-order chi connectivity index (χ1) is 7.23. The zero-order valence-corrected chi connectivity index (χ0v) is 14.3. The summed E-state index contributed by atoms with van der Waals surface area (Å²) in [7, 11) is 8.07. The van der Waals surface area contributed by atoms with E-state index in [0.717, 1.165) is 5.54 Å². The van der Waals surface area contributed by atoms with Crippen LogP contribution >= 0.6 is 18.6 Å². The van der Waals surface area contributed by atoms with Crippen LogP contribution in [0.2, 0.25) is 13.1 Å². The molecule has 0 N–H and O–H groups in total. The van der Waals surface area contributed by atoms with Crippen molar-refractivity contribution in [2.24, 2.45) is 0 Å². The van der Waals surface area contributed by atoms with E-state index < -0.39 is 25.3 Å². The molecule has 16 heavy (non-hydrogen) atoms. The Kier molecular flexibility index (Phi) is 8.53. The number of nitrogens with zero attached hydrogens (tertiary/aromatic N) is 1. The van der Waals surface area contributed by atoms with Gasteiger partial charge in [0.25, 0.3) is 0 Å². The van der Waals surface area contributed by atoms with Gasteiger partial charge in [0.1, 0.15) is 0 Å². The van der Waals surface area contributed by atoms with E-state index in [9.17, 15) is 0 Å². The van der Waals surface area contributed by atoms with Gasteiger partial charge in [-0.1, -0.05) is 42.1 Å². The first-order valence-corrected chi connectivity index (χ1v) is 12.1. The van der Waals surface area contributed by atoms with E-state index in [2.05, 4.69) is 59.5 Å². The Hall–Kier alpha value is 1.47. The molecule has 0 aromatic carbocycles. The van der Waals surface area contributed by atoms with Crippen LogP contribution in [0.4, 0.5) is 0 Å². The topological polar surface area (TPSA) is 14.1 Å². The van der Waals surface area contributed by atoms with E-state index in [0.29, 0.717) is 0 Å². The van der Waals surface area contributed by atoms with Gasteiger partial charge in [0, 0.05) is 0 Å². The molecule has 1 rings (SSSR count). The van der Waals surface area contributed by atoms with Gasteiger partial charge in [0.2, 0.25) is 0 Å². The fourth-order valence-corrected chi connectivity index (χ4v) is 3.94. The molecule has 5 heteroatoms. The summed E-state index contributed by atoms with van der Waals surface area (Å²) in [4.78, 5) is 4.82. The van der Waals surface area contributed by atoms with Crippen LogP contribution < -0.4 is 0 Å². The van der Waals surface area contributed by atoms with Crippen molar-refractivity contribution in [3.63, 3.8) is 0 Å². The van der Waals surface area contributed by atoms with Crippen molar-refractivity contribution >= 4 is 26.8 Å². The van der Waals surface area contributed by atoms with Gasteiger partial charge in [-0.25, -0.2) is 0 Å². The van der Waals surface area contributed by atoms with Crippen LogP contribution in [-0.4, -0.2) is 13.8 Å². The molecule has 0 aromatic rings. The zero-order valence-electron chi connectivity index (χ0n) is 10.2. The summed E-state index contributed by atoms with van der Waals surface area (Å²) in [5.41, 5.74) is 1.09. The Morgan fingerprint density at radius 1 is 1.12 bits per heavy atom. The average Bonchev–Trinajstić information content (AvgIpc) is 2.51. The van der Waals surface area contributed by atoms with Crippen molar-refractivity contribution in [3.8, 4) is 0 Å². The van der Waals surface area contributed by atoms with Crippen LogP contribution in [0.3, 0.4) is 0 Å². The quantitative estimate of drug-likeness (QED) is 0.679. The van der Waals surface area contributed by atoms with Crippen LogP contribution in [-0.2, 0) is 17.0 Å². The van der Waals surface area contributed by atoms with Crippen molar-refractivity contribution in [3.05, 3.63) is 36.2 Å². The Morgan fingerprint density at radius 2 is 1.50 bits per heavy atom. The molecular formula is C11H15Cl2NSiTi-. The normalized spacial score (nSPS) is 17.9. The van der Waals surface area contributed by atoms with Gasteiger partial charge in [0.15, 0.2) is 0 Å². The minimum atomic E-state index is -1.71. The van der Waals surface area contributed by atoms with Crippen LogP contribution in [0.25, 0.3) is 4.98 Å². The molecule has 0 spiro atoms. The molecule has 1 aliphatic rings. The molecule has 87 valence electrons. The van der Waals surface area contributed by atoms with Crippen molar-refractivity contribution in [1.82, 2.24) is 0 Å². The average molecular weight is 308 g/mol. The fourth-order valence-electron chi connectivity index (χ4n) is 1.42. The van der Waals surface area contributed by atoms with E-state index in [-0.39, 0.29) is 5.54 Å². The molecule has 0 unspecified atom stereocenters. The molecular weight excluding hydrogens is 293 g/mol. The fraction of sp³-hybridized carbons (Fsp3) is 0.545. The number of hydrogen-bond donors (Lipinski definition) is 0. The van der Waals surface area contributed by atoms with E-state index >= 15 is 0 Å². The second-order valence-electron chi connectivity index (χ2n) is 4.79. The predicted molar refractivity (Wildman–Crippen MR) is 68.5 cm³/mol. The van der Waals surface area contributed by atoms with Crippen LogP contribution in [0.15, 0.2) is 0 Å². The minimum absolute atomic E-state index is 0.0225. The molecule has 0 heterocycles. The SMILES string of the molecule is CC(C)(C)[N-][Si](C)(C)[C]1[C][C][C][C]1.[Cl][Ti][Cl]. The summed E-state index contributed by atoms with van der Waals surface area (Å²) in [6.07, 6.45) is 11.6. The van der Waals surface area contributed by atoms with Gasteiger partial charge in [-0.15, -0.1) is 5.54 Å². The summed E-state index contributed by atoms with van der Waals surface area (Å²) in [5, 5.41) is 0. The van der Waals surface area contributed by atoms with Gasteiger partial charge in [-0.2, -0.15) is 0 Å². The summed E-state index contributed by atoms with van der Waals surface area (Å²) >= 11 is -0.556. The Bertz CT molecular complexity index is 189. The summed E-state index contributed by atoms with van der Waals surface area (Å²) in [5.74, 6) is 0. The van der Waals surface area contributed by atoms with Crippen LogP contribution in [0.5, 0.6) is 0 Å². The summed E-state index contributed by atoms with van der Waals surface area (Å²) < 4.78 is 0. The molecule has 0 atom stereocenters. The van der Waals surface area contributed by atoms with Crippen LogP contribution in [0, 0.1) is 31.2 Å². The molecule has 1 fully saturated rings. The second-order valence-corrected chi connectivity index (χ2v) is 11.2. The van der Waals surface area contributed by atoms with Crippen molar-refractivity contribution in [2.75, 3.05) is 0 Å². The second kappa shape index (κ2) is 7.81. The standard InChI is InChI=1S/C11H15NSi.2ClH.Ti/c1-11(2,3)12-13(4,5)10-8-6-7-9-10;;;/h1-5H3;2*1H;/q-1;;;+2/p-2. The van der Waals surface area contributed by atoms with E-state index in [4.69, 9.17) is 23.6 Å². The van der Waals surface area contributed by atoms with Crippen molar-refractivity contribution in [1.29, 1.82) is 0 Å². The first kappa shape index (κ1) is 17.5. The molecule has 1 nitrogen and oxygen atoms in total. The number of rotatable bonds is 2. The Balaban J connectivity index is 0.000000673. The summed E-state index contributed by atoms with van der Waals surface area (Å²) in [6, 6.07) is 0. The third-order valence-electron chi connectivity index (χ3n) is 1.66. The molecule has 0 bridgehead atoms. The molecule has 0 aliphatic heterocycles. The number of hydrogen-bond acceptors (Lipinski definition) is 0. The Morgan fingerprint density at radius 3 is 1.81 bits per heavy atom. The van der Waals surface area contributed by atoms with E-state index in [1.54, 1.807) is 0 Å². The third-order valence-corrected chi connectivity index (χ3v) is 4.37.